The molecule has 3 rings (SSSR count). The predicted octanol–water partition coefficient (Wildman–Crippen LogP) is 6.82. The second kappa shape index (κ2) is 7.58. The number of hydrogen-bond acceptors (Lipinski definition) is 3. The van der Waals surface area contributed by atoms with Gasteiger partial charge in [-0.25, -0.2) is 9.97 Å². The number of halogens is 6. The summed E-state index contributed by atoms with van der Waals surface area (Å²) in [4.78, 5) is 8.38. The van der Waals surface area contributed by atoms with Crippen LogP contribution in [-0.4, -0.2) is 9.97 Å². The van der Waals surface area contributed by atoms with Crippen molar-refractivity contribution in [2.45, 2.75) is 6.18 Å². The van der Waals surface area contributed by atoms with Crippen LogP contribution in [0.15, 0.2) is 48.5 Å². The number of anilines is 2. The Labute approximate surface area is 170 Å². The molecule has 0 bridgehead atoms. The fourth-order valence-electron chi connectivity index (χ4n) is 2.15. The maximum absolute atomic E-state index is 12.7. The molecule has 0 aliphatic carbocycles. The summed E-state index contributed by atoms with van der Waals surface area (Å²) in [6, 6.07) is 11.5. The van der Waals surface area contributed by atoms with Gasteiger partial charge < -0.3 is 5.32 Å². The third kappa shape index (κ3) is 4.57. The van der Waals surface area contributed by atoms with Crippen LogP contribution in [0.3, 0.4) is 0 Å². The van der Waals surface area contributed by atoms with Gasteiger partial charge >= 0.3 is 6.18 Å². The lowest BCUT2D eigenvalue weighted by atomic mass is 10.1. The number of nitrogens with zero attached hydrogens (tertiary/aromatic N) is 2. The Morgan fingerprint density at radius 3 is 2.23 bits per heavy atom. The molecule has 0 amide bonds. The molecule has 0 saturated carbocycles. The van der Waals surface area contributed by atoms with Gasteiger partial charge in [-0.3, -0.25) is 0 Å². The molecule has 9 heteroatoms. The van der Waals surface area contributed by atoms with E-state index in [2.05, 4.69) is 37.9 Å². The second-order valence-corrected chi connectivity index (χ2v) is 7.26. The van der Waals surface area contributed by atoms with Gasteiger partial charge in [0.2, 0.25) is 0 Å². The molecule has 0 spiro atoms. The summed E-state index contributed by atoms with van der Waals surface area (Å²) in [6.07, 6.45) is -4.40. The van der Waals surface area contributed by atoms with E-state index in [-0.39, 0.29) is 11.0 Å². The highest BCUT2D eigenvalue weighted by Gasteiger charge is 2.30. The minimum absolute atomic E-state index is 0.152. The summed E-state index contributed by atoms with van der Waals surface area (Å²) in [5, 5.41) is 3.69. The molecule has 26 heavy (non-hydrogen) atoms. The smallest absolute Gasteiger partial charge is 0.339 e. The van der Waals surface area contributed by atoms with Crippen LogP contribution in [0.1, 0.15) is 5.56 Å². The fraction of sp³-hybridized carbons (Fsp3) is 0.0588. The number of alkyl halides is 3. The molecule has 134 valence electrons. The quantitative estimate of drug-likeness (QED) is 0.311. The Balaban J connectivity index is 1.92. The number of benzene rings is 2. The Morgan fingerprint density at radius 1 is 0.923 bits per heavy atom. The van der Waals surface area contributed by atoms with Crippen LogP contribution in [0.2, 0.25) is 10.2 Å². The van der Waals surface area contributed by atoms with E-state index < -0.39 is 11.7 Å². The van der Waals surface area contributed by atoms with Crippen molar-refractivity contribution in [3.8, 4) is 11.4 Å². The van der Waals surface area contributed by atoms with E-state index in [1.165, 1.54) is 18.2 Å². The Bertz CT molecular complexity index is 947. The SMILES string of the molecule is FC(F)(F)c1ccc(-c2nc(Cl)cc(Nc3ccc(I)cc3Cl)n2)cc1. The summed E-state index contributed by atoms with van der Waals surface area (Å²) >= 11 is 14.4. The standard InChI is InChI=1S/C17H9Cl2F3IN3/c18-12-7-11(23)5-6-13(12)24-15-8-14(19)25-16(26-15)9-1-3-10(4-2-9)17(20,21)22/h1-8H,(H,24,25,26). The Kier molecular flexibility index (Phi) is 5.59. The largest absolute Gasteiger partial charge is 0.416 e. The van der Waals surface area contributed by atoms with E-state index in [9.17, 15) is 13.2 Å². The minimum atomic E-state index is -4.40. The first kappa shape index (κ1) is 19.2. The monoisotopic (exact) mass is 509 g/mol. The van der Waals surface area contributed by atoms with E-state index in [1.807, 2.05) is 6.07 Å². The van der Waals surface area contributed by atoms with Crippen LogP contribution >= 0.6 is 45.8 Å². The van der Waals surface area contributed by atoms with Gasteiger partial charge in [-0.2, -0.15) is 13.2 Å². The topological polar surface area (TPSA) is 37.8 Å². The van der Waals surface area contributed by atoms with E-state index in [0.29, 0.717) is 22.1 Å². The molecule has 3 aromatic rings. The molecule has 0 fully saturated rings. The van der Waals surface area contributed by atoms with Gasteiger partial charge in [0, 0.05) is 15.2 Å². The Hall–Kier alpha value is -1.58. The molecule has 0 radical (unpaired) electrons. The zero-order valence-corrected chi connectivity index (χ0v) is 16.5. The van der Waals surface area contributed by atoms with E-state index in [1.54, 1.807) is 12.1 Å². The van der Waals surface area contributed by atoms with E-state index in [4.69, 9.17) is 23.2 Å². The molecule has 1 N–H and O–H groups in total. The normalized spacial score (nSPS) is 11.5. The van der Waals surface area contributed by atoms with Crippen LogP contribution in [0.5, 0.6) is 0 Å². The summed E-state index contributed by atoms with van der Waals surface area (Å²) in [6.45, 7) is 0. The van der Waals surface area contributed by atoms with Crippen molar-refractivity contribution < 1.29 is 13.2 Å². The predicted molar refractivity (Wildman–Crippen MR) is 105 cm³/mol. The molecule has 0 unspecified atom stereocenters. The van der Waals surface area contributed by atoms with Crippen molar-refractivity contribution in [2.24, 2.45) is 0 Å². The first-order valence-electron chi connectivity index (χ1n) is 7.17. The lowest BCUT2D eigenvalue weighted by molar-refractivity contribution is -0.137. The van der Waals surface area contributed by atoms with Gasteiger partial charge in [0.1, 0.15) is 11.0 Å². The average Bonchev–Trinajstić information content (AvgIpc) is 2.56. The molecule has 0 aliphatic heterocycles. The van der Waals surface area contributed by atoms with Gasteiger partial charge in [-0.15, -0.1) is 0 Å². The number of hydrogen-bond donors (Lipinski definition) is 1. The van der Waals surface area contributed by atoms with Crippen molar-refractivity contribution in [2.75, 3.05) is 5.32 Å². The van der Waals surface area contributed by atoms with Crippen molar-refractivity contribution >= 4 is 57.3 Å². The first-order chi connectivity index (χ1) is 12.2. The third-order valence-electron chi connectivity index (χ3n) is 3.36. The summed E-state index contributed by atoms with van der Waals surface area (Å²) in [5.41, 5.74) is 0.296. The maximum atomic E-state index is 12.7. The van der Waals surface area contributed by atoms with Gasteiger partial charge in [0.25, 0.3) is 0 Å². The molecule has 3 nitrogen and oxygen atoms in total. The summed E-state index contributed by atoms with van der Waals surface area (Å²) in [7, 11) is 0. The third-order valence-corrected chi connectivity index (χ3v) is 4.54. The fourth-order valence-corrected chi connectivity index (χ4v) is 3.23. The molecule has 0 saturated heterocycles. The van der Waals surface area contributed by atoms with Crippen LogP contribution in [0.25, 0.3) is 11.4 Å². The zero-order chi connectivity index (χ0) is 18.9. The lowest BCUT2D eigenvalue weighted by Gasteiger charge is -2.11. The molecular weight excluding hydrogens is 501 g/mol. The van der Waals surface area contributed by atoms with Crippen molar-refractivity contribution in [1.29, 1.82) is 0 Å². The highest BCUT2D eigenvalue weighted by atomic mass is 127. The minimum Gasteiger partial charge on any atom is -0.339 e. The van der Waals surface area contributed by atoms with Crippen LogP contribution in [-0.2, 0) is 6.18 Å². The number of rotatable bonds is 3. The summed E-state index contributed by atoms with van der Waals surface area (Å²) in [5.74, 6) is 0.582. The number of aromatic nitrogens is 2. The molecule has 2 aromatic carbocycles. The van der Waals surface area contributed by atoms with Crippen molar-refractivity contribution in [1.82, 2.24) is 9.97 Å². The van der Waals surface area contributed by atoms with Crippen molar-refractivity contribution in [3.05, 3.63) is 67.8 Å². The van der Waals surface area contributed by atoms with Crippen LogP contribution in [0.4, 0.5) is 24.7 Å². The van der Waals surface area contributed by atoms with Gasteiger partial charge in [-0.1, -0.05) is 35.3 Å². The van der Waals surface area contributed by atoms with E-state index in [0.717, 1.165) is 15.7 Å². The molecule has 1 heterocycles. The second-order valence-electron chi connectivity index (χ2n) is 5.22. The zero-order valence-electron chi connectivity index (χ0n) is 12.8. The van der Waals surface area contributed by atoms with Gasteiger partial charge in [-0.05, 0) is 52.9 Å². The van der Waals surface area contributed by atoms with Crippen molar-refractivity contribution in [3.63, 3.8) is 0 Å². The Morgan fingerprint density at radius 2 is 1.62 bits per heavy atom. The maximum Gasteiger partial charge on any atom is 0.416 e. The highest BCUT2D eigenvalue weighted by molar-refractivity contribution is 14.1. The van der Waals surface area contributed by atoms with Crippen LogP contribution < -0.4 is 5.32 Å². The molecule has 0 aliphatic rings. The van der Waals surface area contributed by atoms with Gasteiger partial charge in [0.05, 0.1) is 16.3 Å². The summed E-state index contributed by atoms with van der Waals surface area (Å²) < 4.78 is 39.0. The van der Waals surface area contributed by atoms with Crippen LogP contribution in [0, 0.1) is 3.57 Å². The highest BCUT2D eigenvalue weighted by Crippen LogP contribution is 2.31. The molecular formula is C17H9Cl2F3IN3. The van der Waals surface area contributed by atoms with E-state index >= 15 is 0 Å². The van der Waals surface area contributed by atoms with Gasteiger partial charge in [0.15, 0.2) is 5.82 Å². The molecule has 0 atom stereocenters. The first-order valence-corrected chi connectivity index (χ1v) is 9.00. The lowest BCUT2D eigenvalue weighted by Crippen LogP contribution is -2.04. The molecule has 1 aromatic heterocycles. The average molecular weight is 510 g/mol. The number of nitrogens with one attached hydrogen (secondary N) is 1.